The standard InChI is InChI=1S/C18H16F2N2O4/c1-26-18(25)12-4-2-3-11(9-12)16(23)21-7-8-22-17(24)14-6-5-13(19)10-15(14)20/h2-6,9-10H,7-8H2,1H3,(H,21,23)(H,22,24). The van der Waals surface area contributed by atoms with Crippen molar-refractivity contribution in [3.63, 3.8) is 0 Å². The lowest BCUT2D eigenvalue weighted by Crippen LogP contribution is -2.35. The molecule has 0 bridgehead atoms. The van der Waals surface area contributed by atoms with Crippen LogP contribution in [0.2, 0.25) is 0 Å². The molecule has 2 amide bonds. The molecular weight excluding hydrogens is 346 g/mol. The zero-order valence-corrected chi connectivity index (χ0v) is 13.8. The molecule has 0 aliphatic heterocycles. The first-order valence-electron chi connectivity index (χ1n) is 7.62. The lowest BCUT2D eigenvalue weighted by atomic mass is 10.1. The second-order valence-electron chi connectivity index (χ2n) is 5.21. The molecule has 0 atom stereocenters. The molecule has 2 aromatic carbocycles. The summed E-state index contributed by atoms with van der Waals surface area (Å²) in [5, 5.41) is 4.97. The van der Waals surface area contributed by atoms with Gasteiger partial charge in [0, 0.05) is 24.7 Å². The van der Waals surface area contributed by atoms with E-state index in [0.29, 0.717) is 6.07 Å². The zero-order chi connectivity index (χ0) is 19.1. The normalized spacial score (nSPS) is 10.1. The van der Waals surface area contributed by atoms with Crippen LogP contribution in [0.3, 0.4) is 0 Å². The Morgan fingerprint density at radius 1 is 0.923 bits per heavy atom. The SMILES string of the molecule is COC(=O)c1cccc(C(=O)NCCNC(=O)c2ccc(F)cc2F)c1. The van der Waals surface area contributed by atoms with Crippen molar-refractivity contribution in [3.8, 4) is 0 Å². The van der Waals surface area contributed by atoms with Gasteiger partial charge in [-0.1, -0.05) is 6.07 Å². The summed E-state index contributed by atoms with van der Waals surface area (Å²) >= 11 is 0. The number of amides is 2. The van der Waals surface area contributed by atoms with E-state index in [1.807, 2.05) is 0 Å². The number of esters is 1. The van der Waals surface area contributed by atoms with Crippen molar-refractivity contribution in [1.29, 1.82) is 0 Å². The molecule has 0 spiro atoms. The van der Waals surface area contributed by atoms with Crippen molar-refractivity contribution in [2.45, 2.75) is 0 Å². The van der Waals surface area contributed by atoms with Crippen LogP contribution in [-0.2, 0) is 4.74 Å². The first kappa shape index (κ1) is 19.0. The van der Waals surface area contributed by atoms with Crippen LogP contribution in [0.1, 0.15) is 31.1 Å². The monoisotopic (exact) mass is 362 g/mol. The Balaban J connectivity index is 1.85. The average molecular weight is 362 g/mol. The predicted molar refractivity (Wildman–Crippen MR) is 88.8 cm³/mol. The smallest absolute Gasteiger partial charge is 0.337 e. The quantitative estimate of drug-likeness (QED) is 0.607. The minimum absolute atomic E-state index is 0.0398. The van der Waals surface area contributed by atoms with Crippen LogP contribution in [0.5, 0.6) is 0 Å². The Morgan fingerprint density at radius 3 is 2.23 bits per heavy atom. The molecule has 2 N–H and O–H groups in total. The third kappa shape index (κ3) is 4.85. The topological polar surface area (TPSA) is 84.5 Å². The van der Waals surface area contributed by atoms with E-state index in [9.17, 15) is 23.2 Å². The number of hydrogen-bond donors (Lipinski definition) is 2. The average Bonchev–Trinajstić information content (AvgIpc) is 2.64. The first-order chi connectivity index (χ1) is 12.4. The lowest BCUT2D eigenvalue weighted by molar-refractivity contribution is 0.0600. The van der Waals surface area contributed by atoms with Gasteiger partial charge in [0.25, 0.3) is 11.8 Å². The fourth-order valence-electron chi connectivity index (χ4n) is 2.13. The molecule has 0 fully saturated rings. The van der Waals surface area contributed by atoms with Gasteiger partial charge in [-0.2, -0.15) is 0 Å². The molecule has 0 aliphatic carbocycles. The zero-order valence-electron chi connectivity index (χ0n) is 13.8. The van der Waals surface area contributed by atoms with Crippen LogP contribution >= 0.6 is 0 Å². The fraction of sp³-hybridized carbons (Fsp3) is 0.167. The van der Waals surface area contributed by atoms with Gasteiger partial charge >= 0.3 is 5.97 Å². The van der Waals surface area contributed by atoms with Crippen molar-refractivity contribution in [1.82, 2.24) is 10.6 Å². The maximum Gasteiger partial charge on any atom is 0.337 e. The number of carbonyl (C=O) groups excluding carboxylic acids is 3. The van der Waals surface area contributed by atoms with Gasteiger partial charge in [0.05, 0.1) is 18.2 Å². The number of carbonyl (C=O) groups is 3. The van der Waals surface area contributed by atoms with E-state index in [4.69, 9.17) is 0 Å². The van der Waals surface area contributed by atoms with E-state index < -0.39 is 29.4 Å². The van der Waals surface area contributed by atoms with Crippen molar-refractivity contribution in [3.05, 3.63) is 70.8 Å². The van der Waals surface area contributed by atoms with E-state index in [1.165, 1.54) is 25.3 Å². The summed E-state index contributed by atoms with van der Waals surface area (Å²) in [6.45, 7) is 0.119. The maximum atomic E-state index is 13.5. The van der Waals surface area contributed by atoms with Gasteiger partial charge in [-0.05, 0) is 30.3 Å². The highest BCUT2D eigenvalue weighted by molar-refractivity contribution is 5.98. The number of benzene rings is 2. The maximum absolute atomic E-state index is 13.5. The predicted octanol–water partition coefficient (Wildman–Crippen LogP) is 1.91. The van der Waals surface area contributed by atoms with Gasteiger partial charge in [0.15, 0.2) is 0 Å². The molecule has 0 saturated carbocycles. The Labute approximate surface area is 148 Å². The summed E-state index contributed by atoms with van der Waals surface area (Å²) in [7, 11) is 1.24. The molecule has 8 heteroatoms. The third-order valence-corrected chi connectivity index (χ3v) is 3.42. The van der Waals surface area contributed by atoms with Gasteiger partial charge in [0.1, 0.15) is 11.6 Å². The van der Waals surface area contributed by atoms with E-state index in [0.717, 1.165) is 12.1 Å². The van der Waals surface area contributed by atoms with Crippen LogP contribution in [-0.4, -0.2) is 38.0 Å². The van der Waals surface area contributed by atoms with Crippen LogP contribution in [0.25, 0.3) is 0 Å². The summed E-state index contributed by atoms with van der Waals surface area (Å²) in [5.74, 6) is -3.47. The number of methoxy groups -OCH3 is 1. The molecule has 2 rings (SSSR count). The highest BCUT2D eigenvalue weighted by Gasteiger charge is 2.13. The highest BCUT2D eigenvalue weighted by atomic mass is 19.1. The molecule has 0 radical (unpaired) electrons. The Morgan fingerprint density at radius 2 is 1.58 bits per heavy atom. The molecule has 26 heavy (non-hydrogen) atoms. The van der Waals surface area contributed by atoms with E-state index in [1.54, 1.807) is 6.07 Å². The molecule has 6 nitrogen and oxygen atoms in total. The molecule has 0 aromatic heterocycles. The minimum Gasteiger partial charge on any atom is -0.465 e. The summed E-state index contributed by atoms with van der Waals surface area (Å²) in [6, 6.07) is 8.60. The fourth-order valence-corrected chi connectivity index (χ4v) is 2.13. The molecule has 0 unspecified atom stereocenters. The Kier molecular flexibility index (Phi) is 6.37. The summed E-state index contributed by atoms with van der Waals surface area (Å²) in [6.07, 6.45) is 0. The van der Waals surface area contributed by atoms with Gasteiger partial charge in [-0.25, -0.2) is 13.6 Å². The second kappa shape index (κ2) is 8.70. The van der Waals surface area contributed by atoms with Gasteiger partial charge < -0.3 is 15.4 Å². The molecule has 136 valence electrons. The van der Waals surface area contributed by atoms with E-state index in [-0.39, 0.29) is 29.8 Å². The molecular formula is C18H16F2N2O4. The number of hydrogen-bond acceptors (Lipinski definition) is 4. The highest BCUT2D eigenvalue weighted by Crippen LogP contribution is 2.09. The van der Waals surface area contributed by atoms with E-state index in [2.05, 4.69) is 15.4 Å². The lowest BCUT2D eigenvalue weighted by Gasteiger charge is -2.08. The summed E-state index contributed by atoms with van der Waals surface area (Å²) in [4.78, 5) is 35.3. The van der Waals surface area contributed by atoms with Gasteiger partial charge in [0.2, 0.25) is 0 Å². The molecule has 0 aliphatic rings. The van der Waals surface area contributed by atoms with Crippen LogP contribution in [0.15, 0.2) is 42.5 Å². The number of halogens is 2. The molecule has 0 heterocycles. The summed E-state index contributed by atoms with van der Waals surface area (Å²) < 4.78 is 30.9. The Bertz CT molecular complexity index is 840. The van der Waals surface area contributed by atoms with Crippen LogP contribution in [0.4, 0.5) is 8.78 Å². The third-order valence-electron chi connectivity index (χ3n) is 3.42. The molecule has 0 saturated heterocycles. The van der Waals surface area contributed by atoms with Gasteiger partial charge in [-0.15, -0.1) is 0 Å². The van der Waals surface area contributed by atoms with Crippen molar-refractivity contribution in [2.24, 2.45) is 0 Å². The van der Waals surface area contributed by atoms with Gasteiger partial charge in [-0.3, -0.25) is 9.59 Å². The van der Waals surface area contributed by atoms with Crippen molar-refractivity contribution >= 4 is 17.8 Å². The number of rotatable bonds is 6. The number of ether oxygens (including phenoxy) is 1. The number of nitrogens with one attached hydrogen (secondary N) is 2. The minimum atomic E-state index is -0.967. The van der Waals surface area contributed by atoms with Crippen LogP contribution in [0, 0.1) is 11.6 Å². The molecule has 2 aromatic rings. The Hall–Kier alpha value is -3.29. The van der Waals surface area contributed by atoms with Crippen molar-refractivity contribution < 1.29 is 27.9 Å². The van der Waals surface area contributed by atoms with E-state index >= 15 is 0 Å². The second-order valence-corrected chi connectivity index (χ2v) is 5.21. The largest absolute Gasteiger partial charge is 0.465 e. The summed E-state index contributed by atoms with van der Waals surface area (Å²) in [5.41, 5.74) is 0.201. The van der Waals surface area contributed by atoms with Crippen LogP contribution < -0.4 is 10.6 Å². The van der Waals surface area contributed by atoms with Crippen molar-refractivity contribution in [2.75, 3.05) is 20.2 Å². The first-order valence-corrected chi connectivity index (χ1v) is 7.62.